The number of unbranched alkanes of at least 4 members (excludes halogenated alkanes) is 1. The van der Waals surface area contributed by atoms with Crippen molar-refractivity contribution in [3.8, 4) is 28.3 Å². The van der Waals surface area contributed by atoms with Crippen LogP contribution in [0.3, 0.4) is 0 Å². The summed E-state index contributed by atoms with van der Waals surface area (Å²) in [6.07, 6.45) is 4.01. The van der Waals surface area contributed by atoms with E-state index in [0.29, 0.717) is 12.0 Å². The zero-order valence-electron chi connectivity index (χ0n) is 15.5. The van der Waals surface area contributed by atoms with Gasteiger partial charge in [0.1, 0.15) is 5.83 Å². The van der Waals surface area contributed by atoms with E-state index in [1.807, 2.05) is 48.5 Å². The maximum Gasteiger partial charge on any atom is 0.101 e. The molecule has 27 heavy (non-hydrogen) atoms. The molecule has 3 aromatic carbocycles. The molecule has 0 unspecified atom stereocenters. The molecule has 0 spiro atoms. The Hall–Kier alpha value is -3.18. The molecule has 1 nitrogen and oxygen atoms in total. The van der Waals surface area contributed by atoms with Crippen LogP contribution in [0.2, 0.25) is 0 Å². The summed E-state index contributed by atoms with van der Waals surface area (Å²) in [5.41, 5.74) is 5.98. The van der Waals surface area contributed by atoms with E-state index in [0.717, 1.165) is 40.7 Å². The van der Waals surface area contributed by atoms with Gasteiger partial charge >= 0.3 is 0 Å². The second-order valence-electron chi connectivity index (χ2n) is 6.58. The van der Waals surface area contributed by atoms with Gasteiger partial charge in [0, 0.05) is 0 Å². The Morgan fingerprint density at radius 2 is 1.26 bits per heavy atom. The largest absolute Gasteiger partial charge is 0.212 e. The van der Waals surface area contributed by atoms with Crippen molar-refractivity contribution in [3.05, 3.63) is 89.8 Å². The van der Waals surface area contributed by atoms with Crippen LogP contribution in [0.25, 0.3) is 28.3 Å². The Labute approximate surface area is 160 Å². The standard InChI is InChI=1S/C25H22FN/c1-2-3-4-25(26)17-19-5-9-21(10-6-19)23-13-15-24(16-14-23)22-11-7-20(18-27)8-12-22/h5-17H,2-4H2,1H3/b25-17+. The quantitative estimate of drug-likeness (QED) is 0.452. The number of allylic oxidation sites excluding steroid dienone is 1. The lowest BCUT2D eigenvalue weighted by Gasteiger charge is -2.06. The van der Waals surface area contributed by atoms with Crippen molar-refractivity contribution in [1.29, 1.82) is 5.26 Å². The minimum atomic E-state index is -0.0589. The summed E-state index contributed by atoms with van der Waals surface area (Å²) in [5, 5.41) is 8.89. The van der Waals surface area contributed by atoms with E-state index in [1.165, 1.54) is 0 Å². The second-order valence-corrected chi connectivity index (χ2v) is 6.58. The lowest BCUT2D eigenvalue weighted by atomic mass is 9.99. The van der Waals surface area contributed by atoms with Crippen molar-refractivity contribution < 1.29 is 4.39 Å². The highest BCUT2D eigenvalue weighted by Gasteiger charge is 2.02. The van der Waals surface area contributed by atoms with Crippen LogP contribution in [0, 0.1) is 11.3 Å². The Balaban J connectivity index is 1.74. The molecule has 0 bridgehead atoms. The number of nitriles is 1. The van der Waals surface area contributed by atoms with Gasteiger partial charge in [-0.15, -0.1) is 0 Å². The van der Waals surface area contributed by atoms with Gasteiger partial charge < -0.3 is 0 Å². The first-order valence-corrected chi connectivity index (χ1v) is 9.26. The molecule has 0 aliphatic heterocycles. The van der Waals surface area contributed by atoms with Crippen LogP contribution in [0.5, 0.6) is 0 Å². The number of nitrogens with zero attached hydrogens (tertiary/aromatic N) is 1. The van der Waals surface area contributed by atoms with Crippen molar-refractivity contribution >= 4 is 6.08 Å². The predicted molar refractivity (Wildman–Crippen MR) is 111 cm³/mol. The summed E-state index contributed by atoms with van der Waals surface area (Å²) in [4.78, 5) is 0. The lowest BCUT2D eigenvalue weighted by molar-refractivity contribution is 0.577. The molecule has 0 radical (unpaired) electrons. The SMILES string of the molecule is CCCC/C(F)=C\c1ccc(-c2ccc(-c3ccc(C#N)cc3)cc2)cc1. The Morgan fingerprint density at radius 1 is 0.815 bits per heavy atom. The minimum absolute atomic E-state index is 0.0589. The average Bonchev–Trinajstić information content (AvgIpc) is 2.73. The topological polar surface area (TPSA) is 23.8 Å². The average molecular weight is 355 g/mol. The molecule has 0 saturated heterocycles. The van der Waals surface area contributed by atoms with Crippen LogP contribution < -0.4 is 0 Å². The smallest absolute Gasteiger partial charge is 0.101 e. The van der Waals surface area contributed by atoms with E-state index in [9.17, 15) is 4.39 Å². The van der Waals surface area contributed by atoms with Crippen molar-refractivity contribution in [2.75, 3.05) is 0 Å². The van der Waals surface area contributed by atoms with Crippen molar-refractivity contribution in [1.82, 2.24) is 0 Å². The van der Waals surface area contributed by atoms with Gasteiger partial charge in [-0.3, -0.25) is 0 Å². The summed E-state index contributed by atoms with van der Waals surface area (Å²) < 4.78 is 13.8. The summed E-state index contributed by atoms with van der Waals surface area (Å²) in [7, 11) is 0. The van der Waals surface area contributed by atoms with E-state index >= 15 is 0 Å². The molecule has 0 N–H and O–H groups in total. The maximum atomic E-state index is 13.8. The maximum absolute atomic E-state index is 13.8. The highest BCUT2D eigenvalue weighted by Crippen LogP contribution is 2.26. The van der Waals surface area contributed by atoms with Gasteiger partial charge in [0.25, 0.3) is 0 Å². The molecular formula is C25H22FN. The molecule has 0 aromatic heterocycles. The first-order valence-electron chi connectivity index (χ1n) is 9.26. The molecule has 0 atom stereocenters. The van der Waals surface area contributed by atoms with Crippen molar-refractivity contribution in [2.45, 2.75) is 26.2 Å². The fourth-order valence-electron chi connectivity index (χ4n) is 2.96. The highest BCUT2D eigenvalue weighted by molar-refractivity contribution is 5.71. The number of halogens is 1. The Kier molecular flexibility index (Phi) is 6.18. The van der Waals surface area contributed by atoms with Gasteiger partial charge in [0.05, 0.1) is 11.6 Å². The Morgan fingerprint density at radius 3 is 1.70 bits per heavy atom. The number of rotatable bonds is 6. The first-order chi connectivity index (χ1) is 13.2. The first kappa shape index (κ1) is 18.6. The van der Waals surface area contributed by atoms with Crippen LogP contribution in [0.4, 0.5) is 4.39 Å². The minimum Gasteiger partial charge on any atom is -0.212 e. The van der Waals surface area contributed by atoms with Gasteiger partial charge in [0.2, 0.25) is 0 Å². The summed E-state index contributed by atoms with van der Waals surface area (Å²) >= 11 is 0. The molecule has 0 saturated carbocycles. The van der Waals surface area contributed by atoms with Crippen molar-refractivity contribution in [3.63, 3.8) is 0 Å². The van der Waals surface area contributed by atoms with Crippen molar-refractivity contribution in [2.24, 2.45) is 0 Å². The van der Waals surface area contributed by atoms with Gasteiger partial charge in [-0.2, -0.15) is 5.26 Å². The normalized spacial score (nSPS) is 11.2. The van der Waals surface area contributed by atoms with E-state index in [4.69, 9.17) is 5.26 Å². The fourth-order valence-corrected chi connectivity index (χ4v) is 2.96. The van der Waals surface area contributed by atoms with Gasteiger partial charge in [-0.05, 0) is 58.9 Å². The fraction of sp³-hybridized carbons (Fsp3) is 0.160. The monoisotopic (exact) mass is 355 g/mol. The third-order valence-corrected chi connectivity index (χ3v) is 4.57. The zero-order valence-corrected chi connectivity index (χ0v) is 15.5. The third-order valence-electron chi connectivity index (χ3n) is 4.57. The molecule has 0 amide bonds. The molecular weight excluding hydrogens is 333 g/mol. The number of hydrogen-bond donors (Lipinski definition) is 0. The van der Waals surface area contributed by atoms with Crippen LogP contribution in [0.1, 0.15) is 37.3 Å². The summed E-state index contributed by atoms with van der Waals surface area (Å²) in [6.45, 7) is 2.06. The van der Waals surface area contributed by atoms with Gasteiger partial charge in [-0.25, -0.2) is 4.39 Å². The molecule has 2 heteroatoms. The lowest BCUT2D eigenvalue weighted by Crippen LogP contribution is -1.82. The van der Waals surface area contributed by atoms with Gasteiger partial charge in [-0.1, -0.05) is 74.0 Å². The van der Waals surface area contributed by atoms with Crippen LogP contribution in [-0.2, 0) is 0 Å². The molecule has 3 rings (SSSR count). The number of hydrogen-bond acceptors (Lipinski definition) is 1. The molecule has 0 fully saturated rings. The van der Waals surface area contributed by atoms with Gasteiger partial charge in [0.15, 0.2) is 0 Å². The van der Waals surface area contributed by atoms with E-state index < -0.39 is 0 Å². The molecule has 0 heterocycles. The van der Waals surface area contributed by atoms with Crippen LogP contribution >= 0.6 is 0 Å². The zero-order chi connectivity index (χ0) is 19.1. The molecule has 134 valence electrons. The second kappa shape index (κ2) is 8.96. The van der Waals surface area contributed by atoms with E-state index in [2.05, 4.69) is 37.3 Å². The van der Waals surface area contributed by atoms with E-state index in [-0.39, 0.29) is 5.83 Å². The Bertz CT molecular complexity index is 943. The molecule has 3 aromatic rings. The summed E-state index contributed by atoms with van der Waals surface area (Å²) in [5.74, 6) is -0.0589. The molecule has 0 aliphatic carbocycles. The van der Waals surface area contributed by atoms with E-state index in [1.54, 1.807) is 6.08 Å². The predicted octanol–water partition coefficient (Wildman–Crippen LogP) is 7.39. The highest BCUT2D eigenvalue weighted by atomic mass is 19.1. The van der Waals surface area contributed by atoms with Crippen LogP contribution in [0.15, 0.2) is 78.6 Å². The summed E-state index contributed by atoms with van der Waals surface area (Å²) in [6, 6.07) is 26.0. The third kappa shape index (κ3) is 4.92. The number of benzene rings is 3. The molecule has 0 aliphatic rings. The van der Waals surface area contributed by atoms with Crippen LogP contribution in [-0.4, -0.2) is 0 Å².